The number of benzene rings is 3. The van der Waals surface area contributed by atoms with Crippen molar-refractivity contribution in [2.45, 2.75) is 24.5 Å². The summed E-state index contributed by atoms with van der Waals surface area (Å²) >= 11 is 7.41. The van der Waals surface area contributed by atoms with Gasteiger partial charge < -0.3 is 5.32 Å². The molecule has 7 heteroatoms. The van der Waals surface area contributed by atoms with E-state index < -0.39 is 9.84 Å². The van der Waals surface area contributed by atoms with Crippen molar-refractivity contribution in [3.8, 4) is 6.07 Å². The first-order chi connectivity index (χ1) is 14.8. The van der Waals surface area contributed by atoms with Crippen LogP contribution in [-0.2, 0) is 15.6 Å². The third kappa shape index (κ3) is 5.71. The van der Waals surface area contributed by atoms with Crippen LogP contribution in [0.1, 0.15) is 16.7 Å². The molecule has 4 nitrogen and oxygen atoms in total. The number of nitriles is 1. The predicted octanol–water partition coefficient (Wildman–Crippen LogP) is 6.47. The molecule has 31 heavy (non-hydrogen) atoms. The van der Waals surface area contributed by atoms with Crippen molar-refractivity contribution >= 4 is 38.9 Å². The highest BCUT2D eigenvalue weighted by atomic mass is 35.5. The molecule has 0 spiro atoms. The van der Waals surface area contributed by atoms with E-state index in [4.69, 9.17) is 11.6 Å². The Kier molecular flexibility index (Phi) is 7.45. The summed E-state index contributed by atoms with van der Waals surface area (Å²) in [7, 11) is -4.00. The molecule has 0 saturated carbocycles. The Morgan fingerprint density at radius 3 is 2.35 bits per heavy atom. The van der Waals surface area contributed by atoms with E-state index in [1.165, 1.54) is 23.9 Å². The fourth-order valence-corrected chi connectivity index (χ4v) is 5.51. The summed E-state index contributed by atoms with van der Waals surface area (Å²) < 4.78 is 26.5. The minimum absolute atomic E-state index is 0.0737. The van der Waals surface area contributed by atoms with Crippen molar-refractivity contribution < 1.29 is 8.42 Å². The van der Waals surface area contributed by atoms with Crippen LogP contribution in [0, 0.1) is 25.2 Å². The van der Waals surface area contributed by atoms with Gasteiger partial charge in [0.1, 0.15) is 11.1 Å². The highest BCUT2D eigenvalue weighted by Gasteiger charge is 2.25. The third-order valence-corrected chi connectivity index (χ3v) is 7.74. The highest BCUT2D eigenvalue weighted by Crippen LogP contribution is 2.33. The number of aryl methyl sites for hydroxylation is 2. The molecule has 3 aromatic rings. The van der Waals surface area contributed by atoms with Gasteiger partial charge in [-0.15, -0.1) is 11.8 Å². The molecule has 0 aliphatic heterocycles. The van der Waals surface area contributed by atoms with Crippen LogP contribution in [0.2, 0.25) is 5.02 Å². The third-order valence-electron chi connectivity index (χ3n) is 4.58. The number of anilines is 1. The Balaban J connectivity index is 2.07. The summed E-state index contributed by atoms with van der Waals surface area (Å²) in [6, 6.07) is 23.2. The Bertz CT molecular complexity index is 1250. The summed E-state index contributed by atoms with van der Waals surface area (Å²) in [5.41, 5.74) is 3.69. The summed E-state index contributed by atoms with van der Waals surface area (Å²) in [5.74, 6) is 0.498. The van der Waals surface area contributed by atoms with Gasteiger partial charge in [0.05, 0.1) is 4.90 Å². The van der Waals surface area contributed by atoms with E-state index in [1.807, 2.05) is 50.2 Å². The molecule has 0 radical (unpaired) electrons. The zero-order valence-corrected chi connectivity index (χ0v) is 19.5. The summed E-state index contributed by atoms with van der Waals surface area (Å²) in [5, 5.41) is 13.8. The van der Waals surface area contributed by atoms with Crippen LogP contribution in [0.15, 0.2) is 87.6 Å². The second-order valence-electron chi connectivity index (χ2n) is 6.95. The first-order valence-corrected chi connectivity index (χ1v) is 12.3. The minimum atomic E-state index is -4.00. The summed E-state index contributed by atoms with van der Waals surface area (Å²) in [4.78, 5) is -0.250. The van der Waals surface area contributed by atoms with Gasteiger partial charge in [0.2, 0.25) is 9.84 Å². The Morgan fingerprint density at radius 1 is 1.03 bits per heavy atom. The fraction of sp³-hybridized carbons (Fsp3) is 0.125. The zero-order chi connectivity index (χ0) is 22.4. The lowest BCUT2D eigenvalue weighted by Crippen LogP contribution is -2.10. The SMILES string of the molecule is Cc1ccc(CS/C(Nc2cc(Cl)ccc2C)=C(/C#N)S(=O)(=O)c2ccccc2)cc1. The van der Waals surface area contributed by atoms with E-state index >= 15 is 0 Å². The molecule has 0 unspecified atom stereocenters. The number of allylic oxidation sites excluding steroid dienone is 1. The topological polar surface area (TPSA) is 70.0 Å². The zero-order valence-electron chi connectivity index (χ0n) is 17.1. The maximum Gasteiger partial charge on any atom is 0.219 e. The summed E-state index contributed by atoms with van der Waals surface area (Å²) in [6.07, 6.45) is 0. The van der Waals surface area contributed by atoms with Crippen molar-refractivity contribution in [2.24, 2.45) is 0 Å². The average Bonchev–Trinajstić information content (AvgIpc) is 2.76. The lowest BCUT2D eigenvalue weighted by atomic mass is 10.2. The molecule has 0 saturated heterocycles. The fourth-order valence-electron chi connectivity index (χ4n) is 2.80. The van der Waals surface area contributed by atoms with Gasteiger partial charge in [-0.3, -0.25) is 0 Å². The normalized spacial score (nSPS) is 12.1. The molecule has 0 heterocycles. The molecule has 0 fully saturated rings. The number of hydrogen-bond donors (Lipinski definition) is 1. The van der Waals surface area contributed by atoms with Gasteiger partial charge in [-0.1, -0.05) is 65.7 Å². The highest BCUT2D eigenvalue weighted by molar-refractivity contribution is 8.04. The molecular weight excluding hydrogens is 448 g/mol. The molecule has 0 aromatic heterocycles. The predicted molar refractivity (Wildman–Crippen MR) is 129 cm³/mol. The summed E-state index contributed by atoms with van der Waals surface area (Å²) in [6.45, 7) is 3.89. The van der Waals surface area contributed by atoms with Crippen LogP contribution in [0.4, 0.5) is 5.69 Å². The first-order valence-electron chi connectivity index (χ1n) is 9.47. The lowest BCUT2D eigenvalue weighted by Gasteiger charge is -2.16. The van der Waals surface area contributed by atoms with Crippen molar-refractivity contribution in [3.63, 3.8) is 0 Å². The smallest absolute Gasteiger partial charge is 0.219 e. The second-order valence-corrected chi connectivity index (χ2v) is 10.3. The average molecular weight is 469 g/mol. The van der Waals surface area contributed by atoms with E-state index in [9.17, 15) is 13.7 Å². The van der Waals surface area contributed by atoms with Gasteiger partial charge >= 0.3 is 0 Å². The quantitative estimate of drug-likeness (QED) is 0.402. The van der Waals surface area contributed by atoms with Crippen LogP contribution in [-0.4, -0.2) is 8.42 Å². The molecule has 0 aliphatic carbocycles. The Labute approximate surface area is 192 Å². The Hall–Kier alpha value is -2.72. The van der Waals surface area contributed by atoms with Gasteiger partial charge in [0.25, 0.3) is 0 Å². The molecule has 3 rings (SSSR count). The second kappa shape index (κ2) is 10.1. The minimum Gasteiger partial charge on any atom is -0.348 e. The number of hydrogen-bond acceptors (Lipinski definition) is 5. The first kappa shape index (κ1) is 23.0. The van der Waals surface area contributed by atoms with Crippen molar-refractivity contribution in [1.29, 1.82) is 5.26 Å². The largest absolute Gasteiger partial charge is 0.348 e. The standard InChI is InChI=1S/C24H21ClN2O2S2/c1-17-8-11-19(12-9-17)16-30-24(27-22-14-20(25)13-10-18(22)2)23(15-26)31(28,29)21-6-4-3-5-7-21/h3-14,27H,16H2,1-2H3/b24-23-. The number of thioether (sulfide) groups is 1. The number of sulfone groups is 1. The maximum atomic E-state index is 13.2. The maximum absolute atomic E-state index is 13.2. The van der Waals surface area contributed by atoms with Gasteiger partial charge in [0, 0.05) is 16.5 Å². The van der Waals surface area contributed by atoms with Crippen molar-refractivity contribution in [3.05, 3.63) is 104 Å². The molecule has 0 aliphatic rings. The van der Waals surface area contributed by atoms with E-state index in [2.05, 4.69) is 5.32 Å². The molecule has 0 amide bonds. The number of nitrogens with one attached hydrogen (secondary N) is 1. The molecule has 0 atom stereocenters. The van der Waals surface area contributed by atoms with Crippen LogP contribution in [0.3, 0.4) is 0 Å². The van der Waals surface area contributed by atoms with Gasteiger partial charge in [-0.25, -0.2) is 8.42 Å². The van der Waals surface area contributed by atoms with Crippen LogP contribution in [0.5, 0.6) is 0 Å². The number of nitrogens with zero attached hydrogens (tertiary/aromatic N) is 1. The van der Waals surface area contributed by atoms with E-state index in [0.29, 0.717) is 16.5 Å². The Morgan fingerprint density at radius 2 is 1.71 bits per heavy atom. The van der Waals surface area contributed by atoms with E-state index in [0.717, 1.165) is 16.7 Å². The van der Waals surface area contributed by atoms with Crippen molar-refractivity contribution in [2.75, 3.05) is 5.32 Å². The molecular formula is C24H21ClN2O2S2. The van der Waals surface area contributed by atoms with Gasteiger partial charge in [-0.05, 0) is 49.2 Å². The molecule has 158 valence electrons. The van der Waals surface area contributed by atoms with Crippen molar-refractivity contribution in [1.82, 2.24) is 0 Å². The van der Waals surface area contributed by atoms with Gasteiger partial charge in [0.15, 0.2) is 4.91 Å². The van der Waals surface area contributed by atoms with Gasteiger partial charge in [-0.2, -0.15) is 5.26 Å². The van der Waals surface area contributed by atoms with Crippen LogP contribution >= 0.6 is 23.4 Å². The molecule has 1 N–H and O–H groups in total. The van der Waals surface area contributed by atoms with E-state index in [-0.39, 0.29) is 14.8 Å². The number of halogens is 1. The number of rotatable bonds is 7. The molecule has 0 bridgehead atoms. The lowest BCUT2D eigenvalue weighted by molar-refractivity contribution is 0.603. The van der Waals surface area contributed by atoms with Crippen LogP contribution in [0.25, 0.3) is 0 Å². The molecule has 3 aromatic carbocycles. The van der Waals surface area contributed by atoms with Crippen LogP contribution < -0.4 is 5.32 Å². The van der Waals surface area contributed by atoms with E-state index in [1.54, 1.807) is 30.3 Å². The monoisotopic (exact) mass is 468 g/mol.